The van der Waals surface area contributed by atoms with Crippen LogP contribution in [0.4, 0.5) is 5.69 Å². The number of nitrogens with two attached hydrogens (primary N) is 1. The van der Waals surface area contributed by atoms with Gasteiger partial charge in [0.15, 0.2) is 0 Å². The zero-order valence-electron chi connectivity index (χ0n) is 8.95. The first-order valence-electron chi connectivity index (χ1n) is 4.72. The van der Waals surface area contributed by atoms with E-state index in [0.29, 0.717) is 12.2 Å². The molecule has 3 N–H and O–H groups in total. The average molecular weight is 205 g/mol. The Hall–Kier alpha value is -1.84. The first-order chi connectivity index (χ1) is 7.09. The fraction of sp³-hybridized carbons (Fsp3) is 0.273. The summed E-state index contributed by atoms with van der Waals surface area (Å²) in [4.78, 5) is 14.8. The smallest absolute Gasteiger partial charge is 0.217 e. The van der Waals surface area contributed by atoms with Crippen molar-refractivity contribution in [1.29, 1.82) is 0 Å². The standard InChI is InChI=1S/C11H15N3O/c1-8-6-10(12)7-14-11(8)4-3-5-13-9(2)15/h3-4,6-7H,5,12H2,1-2H3,(H,13,15). The van der Waals surface area contributed by atoms with E-state index in [-0.39, 0.29) is 5.91 Å². The molecule has 0 aliphatic rings. The highest BCUT2D eigenvalue weighted by Gasteiger charge is 1.95. The molecule has 15 heavy (non-hydrogen) atoms. The predicted octanol–water partition coefficient (Wildman–Crippen LogP) is 1.12. The van der Waals surface area contributed by atoms with Gasteiger partial charge in [-0.05, 0) is 24.6 Å². The normalized spacial score (nSPS) is 10.5. The minimum absolute atomic E-state index is 0.0402. The summed E-state index contributed by atoms with van der Waals surface area (Å²) in [6, 6.07) is 1.87. The van der Waals surface area contributed by atoms with Crippen LogP contribution in [0.3, 0.4) is 0 Å². The van der Waals surface area contributed by atoms with Crippen molar-refractivity contribution in [3.63, 3.8) is 0 Å². The highest BCUT2D eigenvalue weighted by molar-refractivity contribution is 5.73. The molecule has 0 fully saturated rings. The van der Waals surface area contributed by atoms with Crippen LogP contribution in [0.5, 0.6) is 0 Å². The van der Waals surface area contributed by atoms with Crippen molar-refractivity contribution < 1.29 is 4.79 Å². The molecule has 1 aromatic heterocycles. The number of carbonyl (C=O) groups excluding carboxylic acids is 1. The Morgan fingerprint density at radius 2 is 2.40 bits per heavy atom. The average Bonchev–Trinajstić information content (AvgIpc) is 2.14. The van der Waals surface area contributed by atoms with Crippen LogP contribution in [0.25, 0.3) is 6.08 Å². The van der Waals surface area contributed by atoms with Gasteiger partial charge in [-0.15, -0.1) is 0 Å². The molecule has 4 heteroatoms. The second-order valence-corrected chi connectivity index (χ2v) is 3.31. The van der Waals surface area contributed by atoms with Crippen molar-refractivity contribution in [2.24, 2.45) is 0 Å². The van der Waals surface area contributed by atoms with E-state index in [4.69, 9.17) is 5.73 Å². The molecule has 80 valence electrons. The minimum atomic E-state index is -0.0402. The second kappa shape index (κ2) is 5.14. The summed E-state index contributed by atoms with van der Waals surface area (Å²) in [7, 11) is 0. The molecule has 1 heterocycles. The summed E-state index contributed by atoms with van der Waals surface area (Å²) in [6.45, 7) is 3.95. The van der Waals surface area contributed by atoms with Crippen molar-refractivity contribution in [3.05, 3.63) is 29.6 Å². The van der Waals surface area contributed by atoms with Gasteiger partial charge in [0, 0.05) is 13.5 Å². The molecule has 1 aromatic rings. The maximum atomic E-state index is 10.6. The van der Waals surface area contributed by atoms with E-state index >= 15 is 0 Å². The number of aromatic nitrogens is 1. The second-order valence-electron chi connectivity index (χ2n) is 3.31. The van der Waals surface area contributed by atoms with Gasteiger partial charge >= 0.3 is 0 Å². The number of amides is 1. The minimum Gasteiger partial charge on any atom is -0.397 e. The Morgan fingerprint density at radius 1 is 1.67 bits per heavy atom. The van der Waals surface area contributed by atoms with Crippen LogP contribution in [0.15, 0.2) is 18.3 Å². The van der Waals surface area contributed by atoms with E-state index in [0.717, 1.165) is 11.3 Å². The predicted molar refractivity (Wildman–Crippen MR) is 61.1 cm³/mol. The number of hydrogen-bond acceptors (Lipinski definition) is 3. The molecule has 0 unspecified atom stereocenters. The Bertz CT molecular complexity index is 385. The molecule has 0 radical (unpaired) electrons. The molecule has 0 aromatic carbocycles. The van der Waals surface area contributed by atoms with Crippen LogP contribution in [0, 0.1) is 6.92 Å². The Labute approximate surface area is 89.2 Å². The Kier molecular flexibility index (Phi) is 3.85. The first-order valence-corrected chi connectivity index (χ1v) is 4.72. The van der Waals surface area contributed by atoms with E-state index < -0.39 is 0 Å². The van der Waals surface area contributed by atoms with Crippen molar-refractivity contribution in [1.82, 2.24) is 10.3 Å². The number of aryl methyl sites for hydroxylation is 1. The molecule has 0 saturated heterocycles. The summed E-state index contributed by atoms with van der Waals surface area (Å²) < 4.78 is 0. The van der Waals surface area contributed by atoms with E-state index in [1.54, 1.807) is 6.20 Å². The molecule has 0 bridgehead atoms. The van der Waals surface area contributed by atoms with Gasteiger partial charge in [0.25, 0.3) is 0 Å². The molecular weight excluding hydrogens is 190 g/mol. The Balaban J connectivity index is 2.60. The third kappa shape index (κ3) is 3.81. The van der Waals surface area contributed by atoms with Crippen LogP contribution in [-0.4, -0.2) is 17.4 Å². The number of hydrogen-bond donors (Lipinski definition) is 2. The van der Waals surface area contributed by atoms with Crippen LogP contribution >= 0.6 is 0 Å². The zero-order chi connectivity index (χ0) is 11.3. The van der Waals surface area contributed by atoms with Gasteiger partial charge in [0.1, 0.15) is 0 Å². The molecule has 0 atom stereocenters. The number of anilines is 1. The maximum absolute atomic E-state index is 10.6. The van der Waals surface area contributed by atoms with Crippen molar-refractivity contribution in [3.8, 4) is 0 Å². The van der Waals surface area contributed by atoms with E-state index in [1.165, 1.54) is 6.92 Å². The topological polar surface area (TPSA) is 68.0 Å². The van der Waals surface area contributed by atoms with Gasteiger partial charge < -0.3 is 11.1 Å². The summed E-state index contributed by atoms with van der Waals surface area (Å²) >= 11 is 0. The summed E-state index contributed by atoms with van der Waals surface area (Å²) in [5, 5.41) is 2.67. The number of carbonyl (C=O) groups is 1. The lowest BCUT2D eigenvalue weighted by molar-refractivity contribution is -0.118. The lowest BCUT2D eigenvalue weighted by Gasteiger charge is -2.00. The van der Waals surface area contributed by atoms with Crippen LogP contribution in [0.2, 0.25) is 0 Å². The van der Waals surface area contributed by atoms with Gasteiger partial charge in [-0.1, -0.05) is 6.08 Å². The van der Waals surface area contributed by atoms with Gasteiger partial charge in [0.05, 0.1) is 17.6 Å². The van der Waals surface area contributed by atoms with Crippen molar-refractivity contribution in [2.45, 2.75) is 13.8 Å². The van der Waals surface area contributed by atoms with E-state index in [1.807, 2.05) is 25.1 Å². The monoisotopic (exact) mass is 205 g/mol. The van der Waals surface area contributed by atoms with Crippen molar-refractivity contribution in [2.75, 3.05) is 12.3 Å². The largest absolute Gasteiger partial charge is 0.397 e. The molecular formula is C11H15N3O. The maximum Gasteiger partial charge on any atom is 0.217 e. The number of rotatable bonds is 3. The van der Waals surface area contributed by atoms with Crippen LogP contribution < -0.4 is 11.1 Å². The number of pyridine rings is 1. The molecule has 4 nitrogen and oxygen atoms in total. The summed E-state index contributed by atoms with van der Waals surface area (Å²) in [5.74, 6) is -0.0402. The van der Waals surface area contributed by atoms with Gasteiger partial charge in [-0.25, -0.2) is 0 Å². The zero-order valence-corrected chi connectivity index (χ0v) is 8.95. The molecule has 1 amide bonds. The van der Waals surface area contributed by atoms with Crippen LogP contribution in [-0.2, 0) is 4.79 Å². The van der Waals surface area contributed by atoms with E-state index in [9.17, 15) is 4.79 Å². The lowest BCUT2D eigenvalue weighted by atomic mass is 10.2. The third-order valence-electron chi connectivity index (χ3n) is 1.88. The highest BCUT2D eigenvalue weighted by Crippen LogP contribution is 2.09. The molecule has 0 saturated carbocycles. The summed E-state index contributed by atoms with van der Waals surface area (Å²) in [6.07, 6.45) is 5.34. The SMILES string of the molecule is CC(=O)NCC=Cc1ncc(N)cc1C. The van der Waals surface area contributed by atoms with E-state index in [2.05, 4.69) is 10.3 Å². The number of nitrogens with zero attached hydrogens (tertiary/aromatic N) is 1. The van der Waals surface area contributed by atoms with Crippen molar-refractivity contribution >= 4 is 17.7 Å². The lowest BCUT2D eigenvalue weighted by Crippen LogP contribution is -2.19. The highest BCUT2D eigenvalue weighted by atomic mass is 16.1. The molecule has 0 spiro atoms. The number of nitrogens with one attached hydrogen (secondary N) is 1. The van der Waals surface area contributed by atoms with Gasteiger partial charge in [-0.2, -0.15) is 0 Å². The first kappa shape index (κ1) is 11.2. The third-order valence-corrected chi connectivity index (χ3v) is 1.88. The Morgan fingerprint density at radius 3 is 3.00 bits per heavy atom. The number of nitrogen functional groups attached to an aromatic ring is 1. The van der Waals surface area contributed by atoms with Crippen LogP contribution in [0.1, 0.15) is 18.2 Å². The summed E-state index contributed by atoms with van der Waals surface area (Å²) in [5.41, 5.74) is 8.13. The fourth-order valence-electron chi connectivity index (χ4n) is 1.15. The van der Waals surface area contributed by atoms with Gasteiger partial charge in [-0.3, -0.25) is 9.78 Å². The molecule has 0 aliphatic heterocycles. The molecule has 1 rings (SSSR count). The quantitative estimate of drug-likeness (QED) is 0.777. The van der Waals surface area contributed by atoms with Gasteiger partial charge in [0.2, 0.25) is 5.91 Å². The molecule has 0 aliphatic carbocycles. The fourth-order valence-corrected chi connectivity index (χ4v) is 1.15.